The van der Waals surface area contributed by atoms with E-state index in [1.54, 1.807) is 37.3 Å². The average molecular weight is 605 g/mol. The maximum atomic E-state index is 14.1. The molecule has 0 fully saturated rings. The topological polar surface area (TPSA) is 86.8 Å². The molecule has 1 unspecified atom stereocenters. The largest absolute Gasteiger partial charge is 0.354 e. The minimum atomic E-state index is -3.86. The van der Waals surface area contributed by atoms with E-state index in [0.717, 1.165) is 21.7 Å². The van der Waals surface area contributed by atoms with Crippen molar-refractivity contribution in [3.63, 3.8) is 0 Å². The lowest BCUT2D eigenvalue weighted by molar-refractivity contribution is -0.140. The lowest BCUT2D eigenvalue weighted by atomic mass is 10.0. The number of nitrogens with one attached hydrogen (secondary N) is 1. The lowest BCUT2D eigenvalue weighted by Crippen LogP contribution is -2.53. The number of carbonyl (C=O) groups is 2. The van der Waals surface area contributed by atoms with Gasteiger partial charge < -0.3 is 10.2 Å². The molecule has 1 N–H and O–H groups in total. The molecule has 3 aromatic carbocycles. The molecular weight excluding hydrogens is 569 g/mol. The van der Waals surface area contributed by atoms with Crippen molar-refractivity contribution in [3.8, 4) is 0 Å². The molecule has 0 aliphatic heterocycles. The summed E-state index contributed by atoms with van der Waals surface area (Å²) in [5.41, 5.74) is 3.38. The number of nitrogens with zero attached hydrogens (tertiary/aromatic N) is 2. The maximum absolute atomic E-state index is 14.1. The van der Waals surface area contributed by atoms with E-state index < -0.39 is 28.5 Å². The monoisotopic (exact) mass is 603 g/mol. The Morgan fingerprint density at radius 2 is 1.60 bits per heavy atom. The van der Waals surface area contributed by atoms with Gasteiger partial charge in [-0.1, -0.05) is 84.2 Å². The zero-order chi connectivity index (χ0) is 29.4. The molecule has 214 valence electrons. The van der Waals surface area contributed by atoms with Gasteiger partial charge in [0.15, 0.2) is 0 Å². The van der Waals surface area contributed by atoms with Crippen LogP contribution in [0, 0.1) is 13.8 Å². The summed E-state index contributed by atoms with van der Waals surface area (Å²) < 4.78 is 27.0. The van der Waals surface area contributed by atoms with E-state index in [1.165, 1.54) is 4.90 Å². The fraction of sp³-hybridized carbons (Fsp3) is 0.333. The minimum absolute atomic E-state index is 0.0845. The molecule has 0 aromatic heterocycles. The quantitative estimate of drug-likeness (QED) is 0.294. The van der Waals surface area contributed by atoms with Crippen molar-refractivity contribution in [2.24, 2.45) is 0 Å². The van der Waals surface area contributed by atoms with E-state index in [9.17, 15) is 18.0 Å². The summed E-state index contributed by atoms with van der Waals surface area (Å²) in [7, 11) is -3.86. The summed E-state index contributed by atoms with van der Waals surface area (Å²) in [4.78, 5) is 29.1. The fourth-order valence-corrected chi connectivity index (χ4v) is 5.88. The van der Waals surface area contributed by atoms with Crippen LogP contribution < -0.4 is 9.62 Å². The van der Waals surface area contributed by atoms with Crippen LogP contribution in [0.5, 0.6) is 0 Å². The standard InChI is InChI=1S/C30H35Cl2N3O4S/c1-5-16-33-30(37)28(18-23-10-7-6-8-11-23)34(19-24-25(31)12-9-13-26(24)32)29(36)20-35(40(4,38)39)27-15-14-21(2)17-22(27)3/h6-15,17,28H,5,16,18-20H2,1-4H3,(H,33,37). The van der Waals surface area contributed by atoms with Crippen LogP contribution in [-0.2, 0) is 32.6 Å². The fourth-order valence-electron chi connectivity index (χ4n) is 4.45. The van der Waals surface area contributed by atoms with Crippen molar-refractivity contribution in [3.05, 3.63) is 99.0 Å². The molecule has 0 saturated carbocycles. The Morgan fingerprint density at radius 3 is 2.17 bits per heavy atom. The number of hydrogen-bond donors (Lipinski definition) is 1. The number of halogens is 2. The van der Waals surface area contributed by atoms with Gasteiger partial charge in [0, 0.05) is 35.1 Å². The highest BCUT2D eigenvalue weighted by Gasteiger charge is 2.34. The summed E-state index contributed by atoms with van der Waals surface area (Å²) in [6, 6.07) is 18.7. The molecule has 7 nitrogen and oxygen atoms in total. The predicted molar refractivity (Wildman–Crippen MR) is 162 cm³/mol. The molecule has 3 rings (SSSR count). The third-order valence-corrected chi connectivity index (χ3v) is 8.35. The maximum Gasteiger partial charge on any atom is 0.244 e. The molecule has 0 aliphatic carbocycles. The van der Waals surface area contributed by atoms with E-state index in [-0.39, 0.29) is 18.9 Å². The molecule has 40 heavy (non-hydrogen) atoms. The minimum Gasteiger partial charge on any atom is -0.354 e. The van der Waals surface area contributed by atoms with Crippen molar-refractivity contribution in [2.75, 3.05) is 23.7 Å². The van der Waals surface area contributed by atoms with Crippen LogP contribution in [0.4, 0.5) is 5.69 Å². The first-order chi connectivity index (χ1) is 18.9. The first-order valence-electron chi connectivity index (χ1n) is 13.0. The lowest BCUT2D eigenvalue weighted by Gasteiger charge is -2.34. The Balaban J connectivity index is 2.11. The molecule has 0 radical (unpaired) electrons. The predicted octanol–water partition coefficient (Wildman–Crippen LogP) is 5.54. The SMILES string of the molecule is CCCNC(=O)C(Cc1ccccc1)N(Cc1c(Cl)cccc1Cl)C(=O)CN(c1ccc(C)cc1C)S(C)(=O)=O. The Bertz CT molecular complexity index is 1430. The molecule has 10 heteroatoms. The van der Waals surface area contributed by atoms with Gasteiger partial charge in [0.2, 0.25) is 21.8 Å². The average Bonchev–Trinajstić information content (AvgIpc) is 2.89. The van der Waals surface area contributed by atoms with Crippen LogP contribution in [0.25, 0.3) is 0 Å². The summed E-state index contributed by atoms with van der Waals surface area (Å²) in [5.74, 6) is -0.909. The van der Waals surface area contributed by atoms with Gasteiger partial charge in [0.05, 0.1) is 11.9 Å². The van der Waals surface area contributed by atoms with E-state index in [0.29, 0.717) is 39.8 Å². The van der Waals surface area contributed by atoms with E-state index >= 15 is 0 Å². The van der Waals surface area contributed by atoms with Crippen molar-refractivity contribution >= 4 is 50.7 Å². The van der Waals surface area contributed by atoms with Crippen LogP contribution in [-0.4, -0.2) is 50.5 Å². The number of benzene rings is 3. The van der Waals surface area contributed by atoms with Crippen LogP contribution in [0.1, 0.15) is 35.6 Å². The number of aryl methyl sites for hydroxylation is 2. The van der Waals surface area contributed by atoms with Gasteiger partial charge in [-0.05, 0) is 49.6 Å². The van der Waals surface area contributed by atoms with E-state index in [1.807, 2.05) is 50.2 Å². The number of anilines is 1. The summed E-state index contributed by atoms with van der Waals surface area (Å²) in [6.07, 6.45) is 1.99. The highest BCUT2D eigenvalue weighted by atomic mass is 35.5. The van der Waals surface area contributed by atoms with Gasteiger partial charge in [-0.3, -0.25) is 13.9 Å². The molecule has 0 bridgehead atoms. The zero-order valence-corrected chi connectivity index (χ0v) is 25.5. The summed E-state index contributed by atoms with van der Waals surface area (Å²) in [6.45, 7) is 5.48. The van der Waals surface area contributed by atoms with Gasteiger partial charge >= 0.3 is 0 Å². The number of sulfonamides is 1. The smallest absolute Gasteiger partial charge is 0.244 e. The number of hydrogen-bond acceptors (Lipinski definition) is 4. The second-order valence-corrected chi connectivity index (χ2v) is 12.5. The van der Waals surface area contributed by atoms with Crippen LogP contribution in [0.15, 0.2) is 66.7 Å². The van der Waals surface area contributed by atoms with Crippen LogP contribution in [0.2, 0.25) is 10.0 Å². The first kappa shape index (κ1) is 31.5. The Hall–Kier alpha value is -3.07. The number of carbonyl (C=O) groups excluding carboxylic acids is 2. The van der Waals surface area contributed by atoms with Crippen LogP contribution >= 0.6 is 23.2 Å². The van der Waals surface area contributed by atoms with Crippen LogP contribution in [0.3, 0.4) is 0 Å². The van der Waals surface area contributed by atoms with E-state index in [2.05, 4.69) is 5.32 Å². The highest BCUT2D eigenvalue weighted by molar-refractivity contribution is 7.92. The number of rotatable bonds is 12. The molecule has 3 aromatic rings. The van der Waals surface area contributed by atoms with Crippen molar-refractivity contribution in [1.29, 1.82) is 0 Å². The molecule has 1 atom stereocenters. The summed E-state index contributed by atoms with van der Waals surface area (Å²) >= 11 is 13.0. The normalized spacial score (nSPS) is 12.1. The van der Waals surface area contributed by atoms with Crippen molar-refractivity contribution in [2.45, 2.75) is 46.2 Å². The Kier molecular flexibility index (Phi) is 11.0. The zero-order valence-electron chi connectivity index (χ0n) is 23.2. The molecule has 2 amide bonds. The van der Waals surface area contributed by atoms with Gasteiger partial charge in [0.25, 0.3) is 0 Å². The molecule has 0 saturated heterocycles. The van der Waals surface area contributed by atoms with E-state index in [4.69, 9.17) is 23.2 Å². The highest BCUT2D eigenvalue weighted by Crippen LogP contribution is 2.28. The van der Waals surface area contributed by atoms with Gasteiger partial charge in [-0.2, -0.15) is 0 Å². The Morgan fingerprint density at radius 1 is 0.950 bits per heavy atom. The van der Waals surface area contributed by atoms with Gasteiger partial charge in [0.1, 0.15) is 12.6 Å². The van der Waals surface area contributed by atoms with Gasteiger partial charge in [-0.15, -0.1) is 0 Å². The molecule has 0 heterocycles. The van der Waals surface area contributed by atoms with Crippen molar-refractivity contribution in [1.82, 2.24) is 10.2 Å². The third kappa shape index (κ3) is 8.22. The number of amides is 2. The Labute approximate surface area is 247 Å². The summed E-state index contributed by atoms with van der Waals surface area (Å²) in [5, 5.41) is 3.58. The first-order valence-corrected chi connectivity index (χ1v) is 15.6. The molecular formula is C30H35Cl2N3O4S. The molecule has 0 aliphatic rings. The second-order valence-electron chi connectivity index (χ2n) is 9.78. The van der Waals surface area contributed by atoms with Crippen molar-refractivity contribution < 1.29 is 18.0 Å². The van der Waals surface area contributed by atoms with Gasteiger partial charge in [-0.25, -0.2) is 8.42 Å². The molecule has 0 spiro atoms. The third-order valence-electron chi connectivity index (χ3n) is 6.51. The second kappa shape index (κ2) is 14.0.